The molecule has 33 heavy (non-hydrogen) atoms. The van der Waals surface area contributed by atoms with Crippen LogP contribution in [-0.2, 0) is 5.88 Å². The lowest BCUT2D eigenvalue weighted by atomic mass is 10.1. The van der Waals surface area contributed by atoms with Crippen LogP contribution < -0.4 is 0 Å². The van der Waals surface area contributed by atoms with E-state index >= 15 is 0 Å². The molecule has 0 bridgehead atoms. The molecule has 0 spiro atoms. The van der Waals surface area contributed by atoms with E-state index in [2.05, 4.69) is 25.7 Å². The fraction of sp³-hybridized carbons (Fsp3) is 0.806. The maximum atomic E-state index is 5.53. The van der Waals surface area contributed by atoms with Crippen molar-refractivity contribution < 1.29 is 0 Å². The van der Waals surface area contributed by atoms with Gasteiger partial charge in [0.25, 0.3) is 0 Å². The minimum absolute atomic E-state index is 0.612. The zero-order chi connectivity index (χ0) is 24.2. The molecule has 1 aromatic carbocycles. The standard InChI is InChI=1S/C24H51N.C7H7Cl/c1-4-7-10-13-16-19-22-25(23-20-17-14-11-8-5-2)24-21-18-15-12-9-6-3;8-6-7-4-2-1-3-5-7/h4-24H2,1-3H3;1-5H,6H2. The Balaban J connectivity index is 0.00000106. The van der Waals surface area contributed by atoms with Crippen LogP contribution in [-0.4, -0.2) is 24.5 Å². The number of hydrogen-bond donors (Lipinski definition) is 0. The van der Waals surface area contributed by atoms with E-state index in [1.54, 1.807) is 0 Å². The van der Waals surface area contributed by atoms with E-state index in [0.717, 1.165) is 0 Å². The largest absolute Gasteiger partial charge is 0.303 e. The molecule has 1 aromatic rings. The van der Waals surface area contributed by atoms with Crippen LogP contribution in [0, 0.1) is 0 Å². The number of unbranched alkanes of at least 4 members (excludes halogenated alkanes) is 15. The Morgan fingerprint density at radius 2 is 0.818 bits per heavy atom. The Hall–Kier alpha value is -0.530. The van der Waals surface area contributed by atoms with Gasteiger partial charge in [-0.1, -0.05) is 147 Å². The molecule has 0 aliphatic carbocycles. The van der Waals surface area contributed by atoms with E-state index in [4.69, 9.17) is 11.6 Å². The molecule has 0 amide bonds. The van der Waals surface area contributed by atoms with Gasteiger partial charge >= 0.3 is 0 Å². The Labute approximate surface area is 214 Å². The van der Waals surface area contributed by atoms with Crippen molar-refractivity contribution in [2.24, 2.45) is 0 Å². The van der Waals surface area contributed by atoms with Crippen molar-refractivity contribution in [1.82, 2.24) is 4.90 Å². The van der Waals surface area contributed by atoms with Crippen LogP contribution in [0.3, 0.4) is 0 Å². The molecular weight excluding hydrogens is 422 g/mol. The second-order valence-corrected chi connectivity index (χ2v) is 10.0. The molecule has 2 heteroatoms. The van der Waals surface area contributed by atoms with Crippen LogP contribution in [0.2, 0.25) is 0 Å². The molecule has 0 saturated carbocycles. The summed E-state index contributed by atoms with van der Waals surface area (Å²) in [4.78, 5) is 2.79. The molecule has 0 fully saturated rings. The van der Waals surface area contributed by atoms with Crippen LogP contribution in [0.15, 0.2) is 30.3 Å². The lowest BCUT2D eigenvalue weighted by Gasteiger charge is -2.22. The average molecular weight is 480 g/mol. The molecule has 0 aliphatic rings. The van der Waals surface area contributed by atoms with Gasteiger partial charge in [-0.25, -0.2) is 0 Å². The summed E-state index contributed by atoms with van der Waals surface area (Å²) in [6.07, 6.45) is 25.7. The van der Waals surface area contributed by atoms with Crippen molar-refractivity contribution in [1.29, 1.82) is 0 Å². The van der Waals surface area contributed by atoms with Crippen molar-refractivity contribution in [3.05, 3.63) is 35.9 Å². The third-order valence-electron chi connectivity index (χ3n) is 6.48. The van der Waals surface area contributed by atoms with Crippen LogP contribution in [0.4, 0.5) is 0 Å². The third kappa shape index (κ3) is 24.4. The number of benzene rings is 1. The number of rotatable bonds is 22. The molecule has 0 aromatic heterocycles. The second kappa shape index (κ2) is 27.7. The van der Waals surface area contributed by atoms with Crippen LogP contribution >= 0.6 is 11.6 Å². The maximum Gasteiger partial charge on any atom is 0.0474 e. The first kappa shape index (κ1) is 32.5. The van der Waals surface area contributed by atoms with Crippen molar-refractivity contribution in [3.8, 4) is 0 Å². The summed E-state index contributed by atoms with van der Waals surface area (Å²) in [7, 11) is 0. The van der Waals surface area contributed by atoms with E-state index in [9.17, 15) is 0 Å². The molecule has 1 nitrogen and oxygen atoms in total. The number of hydrogen-bond acceptors (Lipinski definition) is 1. The van der Waals surface area contributed by atoms with E-state index in [0.29, 0.717) is 5.88 Å². The van der Waals surface area contributed by atoms with Crippen molar-refractivity contribution in [3.63, 3.8) is 0 Å². The summed E-state index contributed by atoms with van der Waals surface area (Å²) >= 11 is 5.53. The summed E-state index contributed by atoms with van der Waals surface area (Å²) in [5, 5.41) is 0. The van der Waals surface area contributed by atoms with Gasteiger partial charge in [-0.3, -0.25) is 0 Å². The molecule has 1 rings (SSSR count). The van der Waals surface area contributed by atoms with Gasteiger partial charge in [0.05, 0.1) is 0 Å². The fourth-order valence-electron chi connectivity index (χ4n) is 4.25. The highest BCUT2D eigenvalue weighted by molar-refractivity contribution is 6.17. The number of halogens is 1. The van der Waals surface area contributed by atoms with Crippen molar-refractivity contribution in [2.45, 2.75) is 142 Å². The molecule has 0 N–H and O–H groups in total. The zero-order valence-corrected chi connectivity index (χ0v) is 23.5. The molecule has 0 saturated heterocycles. The van der Waals surface area contributed by atoms with Crippen LogP contribution in [0.1, 0.15) is 142 Å². The Kier molecular flexibility index (Phi) is 27.3. The number of nitrogens with zero attached hydrogens (tertiary/aromatic N) is 1. The van der Waals surface area contributed by atoms with E-state index in [1.807, 2.05) is 30.3 Å². The average Bonchev–Trinajstić information content (AvgIpc) is 2.85. The normalized spacial score (nSPS) is 10.9. The van der Waals surface area contributed by atoms with Gasteiger partial charge in [-0.2, -0.15) is 0 Å². The maximum absolute atomic E-state index is 5.53. The smallest absolute Gasteiger partial charge is 0.0474 e. The first-order valence-corrected chi connectivity index (χ1v) is 15.1. The topological polar surface area (TPSA) is 3.24 Å². The van der Waals surface area contributed by atoms with Crippen LogP contribution in [0.5, 0.6) is 0 Å². The molecule has 0 atom stereocenters. The Morgan fingerprint density at radius 3 is 1.12 bits per heavy atom. The lowest BCUT2D eigenvalue weighted by Crippen LogP contribution is -2.27. The summed E-state index contributed by atoms with van der Waals surface area (Å²) in [5.74, 6) is 0.612. The first-order valence-electron chi connectivity index (χ1n) is 14.6. The Morgan fingerprint density at radius 1 is 0.485 bits per heavy atom. The van der Waals surface area contributed by atoms with Crippen LogP contribution in [0.25, 0.3) is 0 Å². The predicted octanol–water partition coefficient (Wildman–Crippen LogP) is 10.8. The van der Waals surface area contributed by atoms with Gasteiger partial charge in [0.2, 0.25) is 0 Å². The number of alkyl halides is 1. The van der Waals surface area contributed by atoms with Gasteiger partial charge in [-0.05, 0) is 44.5 Å². The molecule has 0 radical (unpaired) electrons. The molecule has 0 unspecified atom stereocenters. The SMILES string of the molecule is CCCCCCCCN(CCCCCCCC)CCCCCCCC.ClCc1ccccc1. The highest BCUT2D eigenvalue weighted by Gasteiger charge is 2.05. The highest BCUT2D eigenvalue weighted by atomic mass is 35.5. The summed E-state index contributed by atoms with van der Waals surface area (Å²) in [6, 6.07) is 9.96. The van der Waals surface area contributed by atoms with Gasteiger partial charge in [-0.15, -0.1) is 11.6 Å². The molecule has 0 aliphatic heterocycles. The lowest BCUT2D eigenvalue weighted by molar-refractivity contribution is 0.254. The molecule has 194 valence electrons. The van der Waals surface area contributed by atoms with Gasteiger partial charge in [0.1, 0.15) is 0 Å². The summed E-state index contributed by atoms with van der Waals surface area (Å²) in [6.45, 7) is 11.0. The highest BCUT2D eigenvalue weighted by Crippen LogP contribution is 2.11. The summed E-state index contributed by atoms with van der Waals surface area (Å²) in [5.41, 5.74) is 1.18. The van der Waals surface area contributed by atoms with E-state index in [-0.39, 0.29) is 0 Å². The quantitative estimate of drug-likeness (QED) is 0.118. The predicted molar refractivity (Wildman–Crippen MR) is 153 cm³/mol. The minimum atomic E-state index is 0.612. The minimum Gasteiger partial charge on any atom is -0.303 e. The monoisotopic (exact) mass is 479 g/mol. The van der Waals surface area contributed by atoms with Gasteiger partial charge in [0.15, 0.2) is 0 Å². The van der Waals surface area contributed by atoms with E-state index < -0.39 is 0 Å². The van der Waals surface area contributed by atoms with Crippen molar-refractivity contribution in [2.75, 3.05) is 19.6 Å². The van der Waals surface area contributed by atoms with Gasteiger partial charge < -0.3 is 4.90 Å². The van der Waals surface area contributed by atoms with Crippen molar-refractivity contribution >= 4 is 11.6 Å². The van der Waals surface area contributed by atoms with E-state index in [1.165, 1.54) is 141 Å². The third-order valence-corrected chi connectivity index (χ3v) is 6.79. The second-order valence-electron chi connectivity index (χ2n) is 9.76. The zero-order valence-electron chi connectivity index (χ0n) is 22.8. The van der Waals surface area contributed by atoms with Gasteiger partial charge in [0, 0.05) is 5.88 Å². The molecule has 0 heterocycles. The Bertz CT molecular complexity index is 423. The molecular formula is C31H58ClN. The first-order chi connectivity index (χ1) is 16.3. The summed E-state index contributed by atoms with van der Waals surface area (Å²) < 4.78 is 0. The fourth-order valence-corrected chi connectivity index (χ4v) is 4.43.